The maximum absolute atomic E-state index is 11.9. The zero-order chi connectivity index (χ0) is 17.9. The SMILES string of the molecule is CCOC(=O)N1CCC(NCCC(=O)NCCc2ccccc2)CC1. The number of carbonyl (C=O) groups excluding carboxylic acids is 2. The van der Waals surface area contributed by atoms with Crippen molar-refractivity contribution in [3.05, 3.63) is 35.9 Å². The molecule has 1 fully saturated rings. The number of likely N-dealkylation sites (tertiary alicyclic amines) is 1. The molecule has 138 valence electrons. The number of benzene rings is 1. The monoisotopic (exact) mass is 347 g/mol. The highest BCUT2D eigenvalue weighted by atomic mass is 16.6. The Bertz CT molecular complexity index is 528. The summed E-state index contributed by atoms with van der Waals surface area (Å²) in [5.41, 5.74) is 1.23. The summed E-state index contributed by atoms with van der Waals surface area (Å²) in [6, 6.07) is 10.5. The summed E-state index contributed by atoms with van der Waals surface area (Å²) < 4.78 is 5.01. The molecule has 0 aromatic heterocycles. The summed E-state index contributed by atoms with van der Waals surface area (Å²) in [6.45, 7) is 4.98. The summed E-state index contributed by atoms with van der Waals surface area (Å²) >= 11 is 0. The summed E-state index contributed by atoms with van der Waals surface area (Å²) in [6.07, 6.45) is 2.90. The average Bonchev–Trinajstić information content (AvgIpc) is 2.63. The molecule has 1 saturated heterocycles. The van der Waals surface area contributed by atoms with E-state index in [2.05, 4.69) is 22.8 Å². The van der Waals surface area contributed by atoms with Gasteiger partial charge in [-0.15, -0.1) is 0 Å². The van der Waals surface area contributed by atoms with Crippen LogP contribution in [-0.2, 0) is 16.0 Å². The Morgan fingerprint density at radius 3 is 2.56 bits per heavy atom. The number of hydrogen-bond acceptors (Lipinski definition) is 4. The molecule has 2 N–H and O–H groups in total. The van der Waals surface area contributed by atoms with Gasteiger partial charge in [0, 0.05) is 38.6 Å². The van der Waals surface area contributed by atoms with Crippen LogP contribution >= 0.6 is 0 Å². The quantitative estimate of drug-likeness (QED) is 0.754. The van der Waals surface area contributed by atoms with Crippen LogP contribution in [0.4, 0.5) is 4.79 Å². The third-order valence-electron chi connectivity index (χ3n) is 4.38. The molecule has 0 aliphatic carbocycles. The van der Waals surface area contributed by atoms with Gasteiger partial charge in [-0.25, -0.2) is 4.79 Å². The summed E-state index contributed by atoms with van der Waals surface area (Å²) in [5.74, 6) is 0.0763. The molecule has 0 spiro atoms. The van der Waals surface area contributed by atoms with E-state index in [4.69, 9.17) is 4.74 Å². The van der Waals surface area contributed by atoms with E-state index in [0.717, 1.165) is 19.3 Å². The second kappa shape index (κ2) is 10.7. The summed E-state index contributed by atoms with van der Waals surface area (Å²) in [5, 5.41) is 6.37. The second-order valence-electron chi connectivity index (χ2n) is 6.25. The number of nitrogens with zero attached hydrogens (tertiary/aromatic N) is 1. The van der Waals surface area contributed by atoms with Crippen molar-refractivity contribution in [3.63, 3.8) is 0 Å². The van der Waals surface area contributed by atoms with E-state index in [1.54, 1.807) is 4.90 Å². The Kier molecular flexibility index (Phi) is 8.25. The molecule has 1 aliphatic heterocycles. The van der Waals surface area contributed by atoms with Crippen molar-refractivity contribution in [1.82, 2.24) is 15.5 Å². The number of ether oxygens (including phenoxy) is 1. The maximum Gasteiger partial charge on any atom is 0.409 e. The minimum Gasteiger partial charge on any atom is -0.450 e. The number of piperidine rings is 1. The fraction of sp³-hybridized carbons (Fsp3) is 0.579. The van der Waals surface area contributed by atoms with E-state index in [9.17, 15) is 9.59 Å². The molecular formula is C19H29N3O3. The van der Waals surface area contributed by atoms with Crippen LogP contribution in [0.3, 0.4) is 0 Å². The first kappa shape index (κ1) is 19.2. The predicted octanol–water partition coefficient (Wildman–Crippen LogP) is 1.95. The molecule has 1 aliphatic rings. The molecule has 0 bridgehead atoms. The van der Waals surface area contributed by atoms with Crippen molar-refractivity contribution < 1.29 is 14.3 Å². The highest BCUT2D eigenvalue weighted by molar-refractivity contribution is 5.76. The third-order valence-corrected chi connectivity index (χ3v) is 4.38. The molecule has 0 radical (unpaired) electrons. The lowest BCUT2D eigenvalue weighted by Crippen LogP contribution is -2.45. The summed E-state index contributed by atoms with van der Waals surface area (Å²) in [7, 11) is 0. The number of rotatable bonds is 8. The molecule has 0 unspecified atom stereocenters. The Balaban J connectivity index is 1.52. The zero-order valence-corrected chi connectivity index (χ0v) is 15.0. The topological polar surface area (TPSA) is 70.7 Å². The van der Waals surface area contributed by atoms with Gasteiger partial charge in [0.2, 0.25) is 5.91 Å². The first-order valence-corrected chi connectivity index (χ1v) is 9.14. The van der Waals surface area contributed by atoms with Crippen LogP contribution < -0.4 is 10.6 Å². The van der Waals surface area contributed by atoms with Gasteiger partial charge in [0.15, 0.2) is 0 Å². The van der Waals surface area contributed by atoms with E-state index in [1.807, 2.05) is 25.1 Å². The Labute approximate surface area is 149 Å². The number of nitrogens with one attached hydrogen (secondary N) is 2. The Hall–Kier alpha value is -2.08. The number of amides is 2. The molecule has 25 heavy (non-hydrogen) atoms. The predicted molar refractivity (Wildman–Crippen MR) is 97.4 cm³/mol. The smallest absolute Gasteiger partial charge is 0.409 e. The van der Waals surface area contributed by atoms with Gasteiger partial charge in [-0.3, -0.25) is 4.79 Å². The fourth-order valence-electron chi connectivity index (χ4n) is 2.95. The lowest BCUT2D eigenvalue weighted by atomic mass is 10.1. The number of carbonyl (C=O) groups is 2. The molecule has 6 nitrogen and oxygen atoms in total. The highest BCUT2D eigenvalue weighted by Crippen LogP contribution is 2.11. The first-order chi connectivity index (χ1) is 12.2. The van der Waals surface area contributed by atoms with Gasteiger partial charge >= 0.3 is 6.09 Å². The van der Waals surface area contributed by atoms with Crippen LogP contribution in [0, 0.1) is 0 Å². The van der Waals surface area contributed by atoms with E-state index in [-0.39, 0.29) is 12.0 Å². The van der Waals surface area contributed by atoms with E-state index >= 15 is 0 Å². The average molecular weight is 347 g/mol. The maximum atomic E-state index is 11.9. The number of hydrogen-bond donors (Lipinski definition) is 2. The minimum atomic E-state index is -0.223. The molecule has 2 amide bonds. The van der Waals surface area contributed by atoms with Crippen LogP contribution in [0.1, 0.15) is 31.7 Å². The zero-order valence-electron chi connectivity index (χ0n) is 15.0. The lowest BCUT2D eigenvalue weighted by molar-refractivity contribution is -0.121. The highest BCUT2D eigenvalue weighted by Gasteiger charge is 2.23. The standard InChI is InChI=1S/C19H29N3O3/c1-2-25-19(24)22-14-10-17(11-15-22)20-13-9-18(23)21-12-8-16-6-4-3-5-7-16/h3-7,17,20H,2,8-15H2,1H3,(H,21,23). The van der Waals surface area contributed by atoms with Crippen molar-refractivity contribution in [3.8, 4) is 0 Å². The van der Waals surface area contributed by atoms with Crippen LogP contribution in [0.5, 0.6) is 0 Å². The van der Waals surface area contributed by atoms with Gasteiger partial charge in [0.1, 0.15) is 0 Å². The van der Waals surface area contributed by atoms with E-state index in [1.165, 1.54) is 5.56 Å². The van der Waals surface area contributed by atoms with Crippen molar-refractivity contribution in [2.24, 2.45) is 0 Å². The summed E-state index contributed by atoms with van der Waals surface area (Å²) in [4.78, 5) is 25.3. The third kappa shape index (κ3) is 7.13. The van der Waals surface area contributed by atoms with Gasteiger partial charge < -0.3 is 20.3 Å². The van der Waals surface area contributed by atoms with Crippen molar-refractivity contribution >= 4 is 12.0 Å². The molecule has 0 saturated carbocycles. The van der Waals surface area contributed by atoms with E-state index < -0.39 is 0 Å². The molecular weight excluding hydrogens is 318 g/mol. The van der Waals surface area contributed by atoms with Crippen LogP contribution in [0.25, 0.3) is 0 Å². The van der Waals surface area contributed by atoms with Gasteiger partial charge in [-0.05, 0) is 31.7 Å². The largest absolute Gasteiger partial charge is 0.450 e. The molecule has 1 heterocycles. The molecule has 0 atom stereocenters. The second-order valence-corrected chi connectivity index (χ2v) is 6.25. The van der Waals surface area contributed by atoms with Crippen LogP contribution in [0.2, 0.25) is 0 Å². The van der Waals surface area contributed by atoms with E-state index in [0.29, 0.717) is 45.2 Å². The van der Waals surface area contributed by atoms with Gasteiger partial charge in [-0.1, -0.05) is 30.3 Å². The van der Waals surface area contributed by atoms with Crippen molar-refractivity contribution in [1.29, 1.82) is 0 Å². The Morgan fingerprint density at radius 2 is 1.88 bits per heavy atom. The van der Waals surface area contributed by atoms with Gasteiger partial charge in [0.05, 0.1) is 6.61 Å². The Morgan fingerprint density at radius 1 is 1.16 bits per heavy atom. The van der Waals surface area contributed by atoms with Crippen LogP contribution in [-0.4, -0.2) is 55.7 Å². The lowest BCUT2D eigenvalue weighted by Gasteiger charge is -2.31. The fourth-order valence-corrected chi connectivity index (χ4v) is 2.95. The van der Waals surface area contributed by atoms with Gasteiger partial charge in [0.25, 0.3) is 0 Å². The molecule has 1 aromatic rings. The molecule has 1 aromatic carbocycles. The van der Waals surface area contributed by atoms with Crippen molar-refractivity contribution in [2.75, 3.05) is 32.8 Å². The molecule has 6 heteroatoms. The first-order valence-electron chi connectivity index (χ1n) is 9.14. The van der Waals surface area contributed by atoms with Gasteiger partial charge in [-0.2, -0.15) is 0 Å². The normalized spacial score (nSPS) is 15.0. The van der Waals surface area contributed by atoms with Crippen LogP contribution in [0.15, 0.2) is 30.3 Å². The van der Waals surface area contributed by atoms with Crippen molar-refractivity contribution in [2.45, 2.75) is 38.6 Å². The minimum absolute atomic E-state index is 0.0763. The molecule has 2 rings (SSSR count).